The van der Waals surface area contributed by atoms with E-state index < -0.39 is 0 Å². The second kappa shape index (κ2) is 8.84. The average molecular weight is 247 g/mol. The third-order valence-electron chi connectivity index (χ3n) is 3.30. The average Bonchev–Trinajstić information content (AvgIpc) is 2.43. The lowest BCUT2D eigenvalue weighted by atomic mass is 9.96. The number of unbranched alkanes of at least 4 members (excludes halogenated alkanes) is 3. The minimum Gasteiger partial charge on any atom is -0.271 e. The zero-order chi connectivity index (χ0) is 13.2. The van der Waals surface area contributed by atoms with Crippen LogP contribution in [0.25, 0.3) is 0 Å². The quantitative estimate of drug-likeness (QED) is 0.305. The third-order valence-corrected chi connectivity index (χ3v) is 3.30. The van der Waals surface area contributed by atoms with E-state index in [1.54, 1.807) is 0 Å². The molecule has 0 fully saturated rings. The fourth-order valence-electron chi connectivity index (χ4n) is 2.22. The summed E-state index contributed by atoms with van der Waals surface area (Å²) in [5.74, 6) is 5.68. The number of pyridine rings is 1. The van der Waals surface area contributed by atoms with Crippen molar-refractivity contribution in [2.75, 3.05) is 0 Å². The van der Waals surface area contributed by atoms with Crippen LogP contribution in [0.5, 0.6) is 0 Å². The van der Waals surface area contributed by atoms with E-state index in [-0.39, 0.29) is 6.04 Å². The molecule has 0 aliphatic rings. The maximum absolute atomic E-state index is 5.68. The van der Waals surface area contributed by atoms with Gasteiger partial charge in [0.05, 0.1) is 0 Å². The Bertz CT molecular complexity index is 349. The van der Waals surface area contributed by atoms with Crippen LogP contribution < -0.4 is 11.3 Å². The number of allylic oxidation sites excluding steroid dienone is 1. The molecular formula is C15H25N3. The summed E-state index contributed by atoms with van der Waals surface area (Å²) in [6, 6.07) is 2.32. The van der Waals surface area contributed by atoms with Crippen molar-refractivity contribution >= 4 is 0 Å². The molecule has 1 heterocycles. The molecule has 0 saturated carbocycles. The highest BCUT2D eigenvalue weighted by atomic mass is 15.2. The molecule has 0 amide bonds. The first kappa shape index (κ1) is 14.9. The number of nitrogens with one attached hydrogen (secondary N) is 1. The molecule has 0 spiro atoms. The Kier molecular flexibility index (Phi) is 7.30. The lowest BCUT2D eigenvalue weighted by molar-refractivity contribution is 0.481. The summed E-state index contributed by atoms with van der Waals surface area (Å²) in [6.45, 7) is 5.89. The van der Waals surface area contributed by atoms with Crippen LogP contribution in [0.1, 0.15) is 56.2 Å². The molecule has 1 rings (SSSR count). The second-order valence-electron chi connectivity index (χ2n) is 4.57. The molecule has 0 aliphatic carbocycles. The van der Waals surface area contributed by atoms with E-state index in [0.29, 0.717) is 0 Å². The van der Waals surface area contributed by atoms with Crippen LogP contribution >= 0.6 is 0 Å². The van der Waals surface area contributed by atoms with Crippen LogP contribution in [0.2, 0.25) is 0 Å². The zero-order valence-electron chi connectivity index (χ0n) is 11.4. The van der Waals surface area contributed by atoms with Crippen LogP contribution in [-0.4, -0.2) is 4.98 Å². The normalized spacial score (nSPS) is 12.3. The van der Waals surface area contributed by atoms with E-state index in [0.717, 1.165) is 19.3 Å². The minimum atomic E-state index is 0.242. The van der Waals surface area contributed by atoms with Gasteiger partial charge in [-0.1, -0.05) is 25.8 Å². The van der Waals surface area contributed by atoms with Crippen molar-refractivity contribution in [2.24, 2.45) is 5.84 Å². The van der Waals surface area contributed by atoms with Gasteiger partial charge in [-0.15, -0.1) is 6.58 Å². The van der Waals surface area contributed by atoms with E-state index in [9.17, 15) is 0 Å². The first-order valence-electron chi connectivity index (χ1n) is 6.83. The number of nitrogens with two attached hydrogens (primary N) is 1. The molecule has 0 bridgehead atoms. The SMILES string of the molecule is C=CCCCCCC(NN)c1ccncc1CC. The van der Waals surface area contributed by atoms with Gasteiger partial charge in [0.15, 0.2) is 0 Å². The first-order chi connectivity index (χ1) is 8.83. The number of hydrogen-bond donors (Lipinski definition) is 2. The molecule has 0 aromatic carbocycles. The summed E-state index contributed by atoms with van der Waals surface area (Å²) in [6.07, 6.45) is 12.6. The van der Waals surface area contributed by atoms with Crippen molar-refractivity contribution in [3.8, 4) is 0 Å². The Morgan fingerprint density at radius 3 is 2.94 bits per heavy atom. The lowest BCUT2D eigenvalue weighted by Crippen LogP contribution is -2.28. The van der Waals surface area contributed by atoms with E-state index in [1.807, 2.05) is 18.5 Å². The van der Waals surface area contributed by atoms with Crippen molar-refractivity contribution in [3.05, 3.63) is 42.2 Å². The smallest absolute Gasteiger partial charge is 0.0463 e. The summed E-state index contributed by atoms with van der Waals surface area (Å²) in [5.41, 5.74) is 5.51. The van der Waals surface area contributed by atoms with Gasteiger partial charge in [0.1, 0.15) is 0 Å². The Morgan fingerprint density at radius 2 is 2.28 bits per heavy atom. The minimum absolute atomic E-state index is 0.242. The van der Waals surface area contributed by atoms with Gasteiger partial charge in [0.25, 0.3) is 0 Å². The van der Waals surface area contributed by atoms with Crippen molar-refractivity contribution in [2.45, 2.75) is 51.5 Å². The number of nitrogens with zero attached hydrogens (tertiary/aromatic N) is 1. The first-order valence-corrected chi connectivity index (χ1v) is 6.83. The molecule has 100 valence electrons. The summed E-state index contributed by atoms with van der Waals surface area (Å²) < 4.78 is 0. The zero-order valence-corrected chi connectivity index (χ0v) is 11.4. The molecule has 3 nitrogen and oxygen atoms in total. The second-order valence-corrected chi connectivity index (χ2v) is 4.57. The van der Waals surface area contributed by atoms with Gasteiger partial charge in [-0.3, -0.25) is 16.3 Å². The predicted octanol–water partition coefficient (Wildman–Crippen LogP) is 3.28. The molecule has 1 aromatic rings. The Balaban J connectivity index is 2.51. The fraction of sp³-hybridized carbons (Fsp3) is 0.533. The van der Waals surface area contributed by atoms with Crippen LogP contribution in [0.3, 0.4) is 0 Å². The molecule has 3 N–H and O–H groups in total. The maximum Gasteiger partial charge on any atom is 0.0463 e. The van der Waals surface area contributed by atoms with Gasteiger partial charge >= 0.3 is 0 Å². The maximum atomic E-state index is 5.68. The Hall–Kier alpha value is -1.19. The van der Waals surface area contributed by atoms with Crippen molar-refractivity contribution in [1.29, 1.82) is 0 Å². The summed E-state index contributed by atoms with van der Waals surface area (Å²) in [4.78, 5) is 4.17. The lowest BCUT2D eigenvalue weighted by Gasteiger charge is -2.19. The van der Waals surface area contributed by atoms with Crippen molar-refractivity contribution in [1.82, 2.24) is 10.4 Å². The van der Waals surface area contributed by atoms with E-state index >= 15 is 0 Å². The fourth-order valence-corrected chi connectivity index (χ4v) is 2.22. The van der Waals surface area contributed by atoms with Gasteiger partial charge in [-0.05, 0) is 42.9 Å². The number of hydrogen-bond acceptors (Lipinski definition) is 3. The number of aromatic nitrogens is 1. The van der Waals surface area contributed by atoms with E-state index in [4.69, 9.17) is 5.84 Å². The molecule has 1 aromatic heterocycles. The molecule has 18 heavy (non-hydrogen) atoms. The van der Waals surface area contributed by atoms with Crippen LogP contribution in [0, 0.1) is 0 Å². The molecule has 1 unspecified atom stereocenters. The van der Waals surface area contributed by atoms with Gasteiger partial charge < -0.3 is 0 Å². The molecular weight excluding hydrogens is 222 g/mol. The molecule has 1 atom stereocenters. The van der Waals surface area contributed by atoms with Crippen LogP contribution in [-0.2, 0) is 6.42 Å². The standard InChI is InChI=1S/C15H25N3/c1-3-5-6-7-8-9-15(18-16)14-10-11-17-12-13(14)4-2/h3,10-12,15,18H,1,4-9,16H2,2H3. The predicted molar refractivity (Wildman–Crippen MR) is 77.0 cm³/mol. The monoisotopic (exact) mass is 247 g/mol. The molecule has 0 aliphatic heterocycles. The Morgan fingerprint density at radius 1 is 1.44 bits per heavy atom. The number of hydrazine groups is 1. The summed E-state index contributed by atoms with van der Waals surface area (Å²) in [7, 11) is 0. The highest BCUT2D eigenvalue weighted by Crippen LogP contribution is 2.22. The van der Waals surface area contributed by atoms with E-state index in [1.165, 1.54) is 30.4 Å². The van der Waals surface area contributed by atoms with E-state index in [2.05, 4.69) is 30.0 Å². The van der Waals surface area contributed by atoms with Gasteiger partial charge in [-0.2, -0.15) is 0 Å². The Labute approximate surface area is 110 Å². The van der Waals surface area contributed by atoms with Crippen LogP contribution in [0.4, 0.5) is 0 Å². The topological polar surface area (TPSA) is 50.9 Å². The molecule has 3 heteroatoms. The highest BCUT2D eigenvalue weighted by molar-refractivity contribution is 5.26. The third kappa shape index (κ3) is 4.59. The summed E-state index contributed by atoms with van der Waals surface area (Å²) in [5, 5.41) is 0. The number of rotatable bonds is 9. The highest BCUT2D eigenvalue weighted by Gasteiger charge is 2.12. The largest absolute Gasteiger partial charge is 0.271 e. The van der Waals surface area contributed by atoms with Gasteiger partial charge in [0.2, 0.25) is 0 Å². The van der Waals surface area contributed by atoms with Crippen molar-refractivity contribution in [3.63, 3.8) is 0 Å². The number of aryl methyl sites for hydroxylation is 1. The van der Waals surface area contributed by atoms with Gasteiger partial charge in [0, 0.05) is 18.4 Å². The molecule has 0 saturated heterocycles. The summed E-state index contributed by atoms with van der Waals surface area (Å²) >= 11 is 0. The molecule has 0 radical (unpaired) electrons. The van der Waals surface area contributed by atoms with Crippen molar-refractivity contribution < 1.29 is 0 Å². The van der Waals surface area contributed by atoms with Gasteiger partial charge in [-0.25, -0.2) is 0 Å². The van der Waals surface area contributed by atoms with Crippen LogP contribution in [0.15, 0.2) is 31.1 Å².